The second-order valence-corrected chi connectivity index (χ2v) is 4.56. The highest BCUT2D eigenvalue weighted by atomic mass is 15.0. The van der Waals surface area contributed by atoms with Crippen molar-refractivity contribution in [3.63, 3.8) is 0 Å². The lowest BCUT2D eigenvalue weighted by Gasteiger charge is -2.26. The van der Waals surface area contributed by atoms with Crippen LogP contribution in [0.5, 0.6) is 0 Å². The van der Waals surface area contributed by atoms with Crippen molar-refractivity contribution in [1.82, 2.24) is 10.3 Å². The van der Waals surface area contributed by atoms with Gasteiger partial charge < -0.3 is 10.3 Å². The zero-order chi connectivity index (χ0) is 10.4. The highest BCUT2D eigenvalue weighted by molar-refractivity contribution is 5.85. The molecule has 0 radical (unpaired) electrons. The van der Waals surface area contributed by atoms with Gasteiger partial charge in [-0.25, -0.2) is 0 Å². The third-order valence-corrected chi connectivity index (χ3v) is 3.32. The smallest absolute Gasteiger partial charge is 0.0459 e. The van der Waals surface area contributed by atoms with E-state index in [1.165, 1.54) is 22.2 Å². The number of H-pyrrole nitrogens is 1. The fourth-order valence-electron chi connectivity index (χ4n) is 2.69. The third-order valence-electron chi connectivity index (χ3n) is 3.32. The van der Waals surface area contributed by atoms with Gasteiger partial charge in [0.2, 0.25) is 0 Å². The first-order chi connectivity index (χ1) is 7.25. The number of nitrogens with one attached hydrogen (secondary N) is 2. The number of aromatic amines is 1. The molecule has 0 saturated carbocycles. The first kappa shape index (κ1) is 8.98. The van der Waals surface area contributed by atoms with Gasteiger partial charge in [0.25, 0.3) is 0 Å². The molecule has 0 amide bonds. The van der Waals surface area contributed by atoms with Gasteiger partial charge in [-0.05, 0) is 31.9 Å². The number of para-hydroxylation sites is 1. The topological polar surface area (TPSA) is 27.8 Å². The number of rotatable bonds is 0. The summed E-state index contributed by atoms with van der Waals surface area (Å²) in [5.41, 5.74) is 4.14. The van der Waals surface area contributed by atoms with E-state index in [4.69, 9.17) is 0 Å². The molecule has 1 aliphatic rings. The van der Waals surface area contributed by atoms with E-state index in [2.05, 4.69) is 48.4 Å². The molecule has 2 nitrogen and oxygen atoms in total. The summed E-state index contributed by atoms with van der Waals surface area (Å²) in [6.45, 7) is 4.48. The van der Waals surface area contributed by atoms with Crippen LogP contribution in [-0.4, -0.2) is 11.0 Å². The Morgan fingerprint density at radius 3 is 2.87 bits per heavy atom. The number of benzene rings is 1. The van der Waals surface area contributed by atoms with Crippen LogP contribution in [0, 0.1) is 0 Å². The normalized spacial score (nSPS) is 25.5. The average molecular weight is 200 g/mol. The van der Waals surface area contributed by atoms with Crippen molar-refractivity contribution in [2.45, 2.75) is 32.4 Å². The Morgan fingerprint density at radius 1 is 1.20 bits per heavy atom. The first-order valence-electron chi connectivity index (χ1n) is 5.61. The van der Waals surface area contributed by atoms with Crippen molar-refractivity contribution in [3.05, 3.63) is 35.5 Å². The number of aromatic nitrogens is 1. The zero-order valence-corrected chi connectivity index (χ0v) is 9.17. The first-order valence-corrected chi connectivity index (χ1v) is 5.61. The number of hydrogen-bond donors (Lipinski definition) is 2. The van der Waals surface area contributed by atoms with Crippen molar-refractivity contribution in [3.8, 4) is 0 Å². The molecule has 2 atom stereocenters. The molecule has 78 valence electrons. The van der Waals surface area contributed by atoms with Gasteiger partial charge in [-0.15, -0.1) is 0 Å². The van der Waals surface area contributed by atoms with Crippen LogP contribution in [0.25, 0.3) is 10.9 Å². The molecule has 1 aliphatic heterocycles. The van der Waals surface area contributed by atoms with Crippen molar-refractivity contribution < 1.29 is 0 Å². The molecule has 0 bridgehead atoms. The molecule has 0 unspecified atom stereocenters. The van der Waals surface area contributed by atoms with Gasteiger partial charge >= 0.3 is 0 Å². The summed E-state index contributed by atoms with van der Waals surface area (Å²) in [4.78, 5) is 3.52. The van der Waals surface area contributed by atoms with Crippen LogP contribution < -0.4 is 5.32 Å². The van der Waals surface area contributed by atoms with Crippen molar-refractivity contribution in [2.75, 3.05) is 0 Å². The minimum atomic E-state index is 0.441. The predicted octanol–water partition coefficient (Wildman–Crippen LogP) is 2.76. The molecule has 2 heterocycles. The van der Waals surface area contributed by atoms with Gasteiger partial charge in [-0.2, -0.15) is 0 Å². The van der Waals surface area contributed by atoms with Crippen molar-refractivity contribution >= 4 is 10.9 Å². The predicted molar refractivity (Wildman–Crippen MR) is 63.0 cm³/mol. The molecule has 1 aromatic carbocycles. The van der Waals surface area contributed by atoms with Crippen LogP contribution in [0.4, 0.5) is 0 Å². The van der Waals surface area contributed by atoms with E-state index in [-0.39, 0.29) is 0 Å². The number of fused-ring (bicyclic) bond motifs is 3. The molecule has 3 rings (SSSR count). The van der Waals surface area contributed by atoms with Gasteiger partial charge in [0.05, 0.1) is 0 Å². The molecular weight excluding hydrogens is 184 g/mol. The third kappa shape index (κ3) is 1.29. The van der Waals surface area contributed by atoms with Crippen LogP contribution in [0.15, 0.2) is 24.3 Å². The van der Waals surface area contributed by atoms with E-state index in [0.717, 1.165) is 6.42 Å². The van der Waals surface area contributed by atoms with Gasteiger partial charge in [0.15, 0.2) is 0 Å². The second-order valence-electron chi connectivity index (χ2n) is 4.56. The fraction of sp³-hybridized carbons (Fsp3) is 0.385. The fourth-order valence-corrected chi connectivity index (χ4v) is 2.69. The summed E-state index contributed by atoms with van der Waals surface area (Å²) in [7, 11) is 0. The van der Waals surface area contributed by atoms with Gasteiger partial charge in [-0.1, -0.05) is 18.2 Å². The van der Waals surface area contributed by atoms with Gasteiger partial charge in [-0.3, -0.25) is 0 Å². The molecule has 2 aromatic rings. The van der Waals surface area contributed by atoms with Crippen LogP contribution in [0.3, 0.4) is 0 Å². The summed E-state index contributed by atoms with van der Waals surface area (Å²) in [6.07, 6.45) is 1.13. The summed E-state index contributed by atoms with van der Waals surface area (Å²) in [5, 5.41) is 4.96. The monoisotopic (exact) mass is 200 g/mol. The van der Waals surface area contributed by atoms with Crippen LogP contribution in [0.2, 0.25) is 0 Å². The molecule has 0 spiro atoms. The standard InChI is InChI=1S/C13H16N2/c1-8-7-11-10-5-3-4-6-12(10)15-13(11)9(2)14-8/h3-6,8-9,14-15H,7H2,1-2H3/t8-,9+/m0/s1. The average Bonchev–Trinajstić information content (AvgIpc) is 2.57. The molecule has 0 aliphatic carbocycles. The Morgan fingerprint density at radius 2 is 2.00 bits per heavy atom. The lowest BCUT2D eigenvalue weighted by molar-refractivity contribution is 0.441. The highest BCUT2D eigenvalue weighted by Crippen LogP contribution is 2.31. The molecule has 0 saturated heterocycles. The minimum Gasteiger partial charge on any atom is -0.357 e. The van der Waals surface area contributed by atoms with Gasteiger partial charge in [0, 0.05) is 28.7 Å². The molecule has 1 aromatic heterocycles. The van der Waals surface area contributed by atoms with Crippen molar-refractivity contribution in [1.29, 1.82) is 0 Å². The molecule has 2 heteroatoms. The van der Waals surface area contributed by atoms with Crippen LogP contribution in [0.1, 0.15) is 31.1 Å². The maximum atomic E-state index is 3.57. The maximum Gasteiger partial charge on any atom is 0.0459 e. The Balaban J connectivity index is 2.27. The lowest BCUT2D eigenvalue weighted by atomic mass is 9.96. The summed E-state index contributed by atoms with van der Waals surface area (Å²) in [5.74, 6) is 0. The van der Waals surface area contributed by atoms with Gasteiger partial charge in [0.1, 0.15) is 0 Å². The second kappa shape index (κ2) is 3.11. The quantitative estimate of drug-likeness (QED) is 0.672. The molecular formula is C13H16N2. The molecule has 0 fully saturated rings. The zero-order valence-electron chi connectivity index (χ0n) is 9.17. The van der Waals surface area contributed by atoms with E-state index in [1.807, 2.05) is 0 Å². The SMILES string of the molecule is C[C@H]1Cc2c([nH]c3ccccc23)[C@@H](C)N1. The van der Waals surface area contributed by atoms with Crippen LogP contribution in [-0.2, 0) is 6.42 Å². The van der Waals surface area contributed by atoms with Crippen molar-refractivity contribution in [2.24, 2.45) is 0 Å². The Kier molecular flexibility index (Phi) is 1.86. The molecule has 15 heavy (non-hydrogen) atoms. The summed E-state index contributed by atoms with van der Waals surface area (Å²) >= 11 is 0. The Bertz CT molecular complexity index is 498. The largest absolute Gasteiger partial charge is 0.357 e. The van der Waals surface area contributed by atoms with E-state index in [1.54, 1.807) is 0 Å². The van der Waals surface area contributed by atoms with E-state index in [0.29, 0.717) is 12.1 Å². The summed E-state index contributed by atoms with van der Waals surface area (Å²) in [6, 6.07) is 9.60. The Hall–Kier alpha value is -1.28. The maximum absolute atomic E-state index is 3.57. The summed E-state index contributed by atoms with van der Waals surface area (Å²) < 4.78 is 0. The van der Waals surface area contributed by atoms with E-state index in [9.17, 15) is 0 Å². The van der Waals surface area contributed by atoms with Crippen LogP contribution >= 0.6 is 0 Å². The highest BCUT2D eigenvalue weighted by Gasteiger charge is 2.23. The molecule has 2 N–H and O–H groups in total. The Labute approximate surface area is 89.7 Å². The minimum absolute atomic E-state index is 0.441. The van der Waals surface area contributed by atoms with E-state index >= 15 is 0 Å². The van der Waals surface area contributed by atoms with E-state index < -0.39 is 0 Å². The number of hydrogen-bond acceptors (Lipinski definition) is 1. The lowest BCUT2D eigenvalue weighted by Crippen LogP contribution is -2.35.